The summed E-state index contributed by atoms with van der Waals surface area (Å²) in [5.74, 6) is -2.09. The number of unbranched alkanes of at least 4 members (excludes halogenated alkanes) is 64. The van der Waals surface area contributed by atoms with Crippen LogP contribution in [0.2, 0.25) is 0 Å². The van der Waals surface area contributed by atoms with Crippen molar-refractivity contribution < 1.29 is 80.2 Å². The minimum atomic E-state index is -4.97. The highest BCUT2D eigenvalue weighted by atomic mass is 31.2. The van der Waals surface area contributed by atoms with Gasteiger partial charge in [0.2, 0.25) is 0 Å². The summed E-state index contributed by atoms with van der Waals surface area (Å²) in [7, 11) is -9.93. The molecule has 19 heteroatoms. The lowest BCUT2D eigenvalue weighted by molar-refractivity contribution is -0.161. The maximum atomic E-state index is 13.2. The first-order chi connectivity index (χ1) is 52.7. The first kappa shape index (κ1) is 106. The molecule has 0 heterocycles. The highest BCUT2D eigenvalue weighted by Crippen LogP contribution is 2.45. The number of hydrogen-bond acceptors (Lipinski definition) is 15. The summed E-state index contributed by atoms with van der Waals surface area (Å²) in [4.78, 5) is 73.3. The Hall–Kier alpha value is -1.94. The zero-order valence-electron chi connectivity index (χ0n) is 70.8. The fraction of sp³-hybridized carbons (Fsp3) is 0.955. The normalized spacial score (nSPS) is 13.7. The molecule has 0 saturated heterocycles. The van der Waals surface area contributed by atoms with Crippen molar-refractivity contribution in [2.75, 3.05) is 39.6 Å². The van der Waals surface area contributed by atoms with Crippen LogP contribution in [0.1, 0.15) is 490 Å². The lowest BCUT2D eigenvalue weighted by Gasteiger charge is -2.21. The molecule has 0 saturated carbocycles. The van der Waals surface area contributed by atoms with Gasteiger partial charge < -0.3 is 33.8 Å². The van der Waals surface area contributed by atoms with Crippen LogP contribution in [-0.2, 0) is 65.4 Å². The van der Waals surface area contributed by atoms with Crippen molar-refractivity contribution in [1.82, 2.24) is 0 Å². The van der Waals surface area contributed by atoms with E-state index in [1.54, 1.807) is 0 Å². The molecule has 0 bridgehead atoms. The maximum absolute atomic E-state index is 13.2. The van der Waals surface area contributed by atoms with Gasteiger partial charge in [0, 0.05) is 25.7 Å². The number of rotatable bonds is 90. The molecule has 642 valence electrons. The van der Waals surface area contributed by atoms with Crippen molar-refractivity contribution >= 4 is 39.5 Å². The van der Waals surface area contributed by atoms with Gasteiger partial charge in [-0.1, -0.05) is 439 Å². The van der Waals surface area contributed by atoms with Crippen LogP contribution in [-0.4, -0.2) is 96.7 Å². The first-order valence-corrected chi connectivity index (χ1v) is 49.3. The smallest absolute Gasteiger partial charge is 0.462 e. The number of esters is 4. The zero-order chi connectivity index (χ0) is 78.9. The number of hydrogen-bond donors (Lipinski definition) is 3. The second-order valence-corrected chi connectivity index (χ2v) is 34.9. The average Bonchev–Trinajstić information content (AvgIpc) is 0.900. The summed E-state index contributed by atoms with van der Waals surface area (Å²) in [5, 5.41) is 10.7. The molecule has 0 radical (unpaired) electrons. The van der Waals surface area contributed by atoms with Crippen LogP contribution >= 0.6 is 15.6 Å². The molecule has 0 aliphatic rings. The Morgan fingerprint density at radius 2 is 0.370 bits per heavy atom. The number of aliphatic hydroxyl groups is 1. The molecule has 0 fully saturated rings. The third-order valence-electron chi connectivity index (χ3n) is 21.1. The van der Waals surface area contributed by atoms with E-state index in [1.807, 2.05) is 0 Å². The minimum absolute atomic E-state index is 0.110. The van der Waals surface area contributed by atoms with Gasteiger partial charge in [-0.25, -0.2) is 9.13 Å². The van der Waals surface area contributed by atoms with Gasteiger partial charge in [-0.05, 0) is 25.7 Å². The molecular formula is C89H174O17P2. The Morgan fingerprint density at radius 1 is 0.222 bits per heavy atom. The fourth-order valence-electron chi connectivity index (χ4n) is 14.1. The van der Waals surface area contributed by atoms with E-state index >= 15 is 0 Å². The van der Waals surface area contributed by atoms with Crippen molar-refractivity contribution in [3.8, 4) is 0 Å². The number of aliphatic hydroxyl groups excluding tert-OH is 1. The molecule has 3 N–H and O–H groups in total. The van der Waals surface area contributed by atoms with Crippen molar-refractivity contribution in [2.45, 2.75) is 508 Å². The second kappa shape index (κ2) is 83.0. The van der Waals surface area contributed by atoms with Crippen LogP contribution in [0.15, 0.2) is 0 Å². The number of carbonyl (C=O) groups is 4. The van der Waals surface area contributed by atoms with E-state index in [0.717, 1.165) is 89.9 Å². The van der Waals surface area contributed by atoms with Crippen molar-refractivity contribution in [3.63, 3.8) is 0 Å². The summed E-state index contributed by atoms with van der Waals surface area (Å²) < 4.78 is 69.0. The monoisotopic (exact) mass is 1580 g/mol. The van der Waals surface area contributed by atoms with E-state index in [-0.39, 0.29) is 25.7 Å². The van der Waals surface area contributed by atoms with E-state index in [1.165, 1.54) is 321 Å². The number of carbonyl (C=O) groups excluding carboxylic acids is 4. The molecule has 0 spiro atoms. The predicted octanol–water partition coefficient (Wildman–Crippen LogP) is 27.7. The highest BCUT2D eigenvalue weighted by molar-refractivity contribution is 7.47. The summed E-state index contributed by atoms with van der Waals surface area (Å²) in [6.07, 6.45) is 79.2. The van der Waals surface area contributed by atoms with Crippen LogP contribution in [0.4, 0.5) is 0 Å². The standard InChI is InChI=1S/C89H174O17P2/c1-5-9-13-17-21-25-29-32-35-38-41-44-47-50-53-56-60-64-68-72-76-89(94)106-85(80-100-87(92)74-70-66-62-58-54-51-48-45-42-39-36-33-30-26-22-18-14-10-6-2)82-104-108(97,98)102-78-83(90)77-101-107(95,96)103-81-84(79-99-86(91)73-69-65-61-57-28-24-20-16-12-8-4)105-88(93)75-71-67-63-59-55-52-49-46-43-40-37-34-31-27-23-19-15-11-7-3/h83-85,90H,5-82H2,1-4H3,(H,95,96)(H,97,98)/t83-,84+,85+/m0/s1. The van der Waals surface area contributed by atoms with Gasteiger partial charge in [0.25, 0.3) is 0 Å². The lowest BCUT2D eigenvalue weighted by atomic mass is 10.0. The molecular weight excluding hydrogens is 1400 g/mol. The molecule has 0 aromatic rings. The van der Waals surface area contributed by atoms with Gasteiger partial charge in [0.1, 0.15) is 19.3 Å². The van der Waals surface area contributed by atoms with Crippen molar-refractivity contribution in [3.05, 3.63) is 0 Å². The largest absolute Gasteiger partial charge is 0.472 e. The van der Waals surface area contributed by atoms with E-state index in [4.69, 9.17) is 37.0 Å². The third kappa shape index (κ3) is 82.1. The summed E-state index contributed by atoms with van der Waals surface area (Å²) in [5.41, 5.74) is 0. The number of phosphoric acid groups is 2. The number of phosphoric ester groups is 2. The van der Waals surface area contributed by atoms with E-state index < -0.39 is 97.5 Å². The lowest BCUT2D eigenvalue weighted by Crippen LogP contribution is -2.30. The molecule has 0 aliphatic heterocycles. The average molecular weight is 1580 g/mol. The Morgan fingerprint density at radius 3 is 0.546 bits per heavy atom. The first-order valence-electron chi connectivity index (χ1n) is 46.3. The Balaban J connectivity index is 5.21. The second-order valence-electron chi connectivity index (χ2n) is 32.0. The molecule has 0 rings (SSSR count). The summed E-state index contributed by atoms with van der Waals surface area (Å²) >= 11 is 0. The van der Waals surface area contributed by atoms with Gasteiger partial charge >= 0.3 is 39.5 Å². The quantitative estimate of drug-likeness (QED) is 0.0222. The van der Waals surface area contributed by atoms with Gasteiger partial charge in [-0.3, -0.25) is 37.3 Å². The SMILES string of the molecule is CCCCCCCCCCCCCCCCCCCCCCC(=O)O[C@H](COC(=O)CCCCCCCCCCCCCCCCCCCCC)COP(=O)(O)OC[C@@H](O)COP(=O)(O)OC[C@@H](COC(=O)CCCCCCCCCCCC)OC(=O)CCCCCCCCCCCCCCCCCCCCC. The molecule has 0 aromatic heterocycles. The van der Waals surface area contributed by atoms with Gasteiger partial charge in [0.05, 0.1) is 26.4 Å². The molecule has 0 aromatic carbocycles. The van der Waals surface area contributed by atoms with Crippen LogP contribution < -0.4 is 0 Å². The molecule has 0 amide bonds. The van der Waals surface area contributed by atoms with Crippen LogP contribution in [0, 0.1) is 0 Å². The number of ether oxygens (including phenoxy) is 4. The summed E-state index contributed by atoms with van der Waals surface area (Å²) in [6, 6.07) is 0. The third-order valence-corrected chi connectivity index (χ3v) is 23.0. The van der Waals surface area contributed by atoms with Crippen LogP contribution in [0.5, 0.6) is 0 Å². The Kier molecular flexibility index (Phi) is 81.5. The topological polar surface area (TPSA) is 237 Å². The van der Waals surface area contributed by atoms with Crippen molar-refractivity contribution in [2.24, 2.45) is 0 Å². The molecule has 5 atom stereocenters. The van der Waals surface area contributed by atoms with Gasteiger partial charge in [-0.2, -0.15) is 0 Å². The predicted molar refractivity (Wildman–Crippen MR) is 446 cm³/mol. The molecule has 0 aliphatic carbocycles. The van der Waals surface area contributed by atoms with Gasteiger partial charge in [-0.15, -0.1) is 0 Å². The fourth-order valence-corrected chi connectivity index (χ4v) is 15.6. The highest BCUT2D eigenvalue weighted by Gasteiger charge is 2.30. The summed E-state index contributed by atoms with van der Waals surface area (Å²) in [6.45, 7) is 5.07. The van der Waals surface area contributed by atoms with E-state index in [9.17, 15) is 43.2 Å². The Bertz CT molecular complexity index is 2030. The van der Waals surface area contributed by atoms with Crippen LogP contribution in [0.25, 0.3) is 0 Å². The molecule has 108 heavy (non-hydrogen) atoms. The minimum Gasteiger partial charge on any atom is -0.462 e. The van der Waals surface area contributed by atoms with E-state index in [0.29, 0.717) is 25.7 Å². The molecule has 2 unspecified atom stereocenters. The van der Waals surface area contributed by atoms with Crippen molar-refractivity contribution in [1.29, 1.82) is 0 Å². The van der Waals surface area contributed by atoms with Gasteiger partial charge in [0.15, 0.2) is 12.2 Å². The van der Waals surface area contributed by atoms with Crippen LogP contribution in [0.3, 0.4) is 0 Å². The van der Waals surface area contributed by atoms with E-state index in [2.05, 4.69) is 27.7 Å². The molecule has 17 nitrogen and oxygen atoms in total. The Labute approximate surface area is 664 Å². The zero-order valence-corrected chi connectivity index (χ0v) is 72.6. The maximum Gasteiger partial charge on any atom is 0.472 e.